The smallest absolute Gasteiger partial charge is 0.220 e. The van der Waals surface area contributed by atoms with Crippen molar-refractivity contribution in [2.45, 2.75) is 26.8 Å². The van der Waals surface area contributed by atoms with Gasteiger partial charge in [0.25, 0.3) is 0 Å². The van der Waals surface area contributed by atoms with Crippen LogP contribution in [0, 0.1) is 12.8 Å². The number of aromatic nitrogens is 2. The van der Waals surface area contributed by atoms with Crippen LogP contribution in [0.15, 0.2) is 6.07 Å². The largest absolute Gasteiger partial charge is 0.368 e. The predicted octanol–water partition coefficient (Wildman–Crippen LogP) is 1.02. The second kappa shape index (κ2) is 3.70. The average Bonchev–Trinajstić information content (AvgIpc) is 2.01. The van der Waals surface area contributed by atoms with Gasteiger partial charge >= 0.3 is 0 Å². The summed E-state index contributed by atoms with van der Waals surface area (Å²) >= 11 is 0. The van der Waals surface area contributed by atoms with Crippen LogP contribution in [-0.4, -0.2) is 9.97 Å². The molecule has 4 heteroatoms. The molecule has 4 nitrogen and oxygen atoms in total. The zero-order valence-corrected chi connectivity index (χ0v) is 8.28. The first-order valence-corrected chi connectivity index (χ1v) is 4.37. The highest BCUT2D eigenvalue weighted by Gasteiger charge is 2.12. The minimum absolute atomic E-state index is 0.0657. The van der Waals surface area contributed by atoms with E-state index in [1.54, 1.807) is 0 Å². The highest BCUT2D eigenvalue weighted by molar-refractivity contribution is 5.23. The van der Waals surface area contributed by atoms with Gasteiger partial charge in [0.15, 0.2) is 0 Å². The van der Waals surface area contributed by atoms with Crippen molar-refractivity contribution < 1.29 is 0 Å². The Labute approximate surface area is 78.4 Å². The Hall–Kier alpha value is -1.16. The molecule has 0 saturated carbocycles. The van der Waals surface area contributed by atoms with Crippen molar-refractivity contribution >= 4 is 5.95 Å². The van der Waals surface area contributed by atoms with Crippen molar-refractivity contribution in [3.8, 4) is 0 Å². The van der Waals surface area contributed by atoms with Crippen molar-refractivity contribution in [1.82, 2.24) is 9.97 Å². The molecule has 1 aromatic heterocycles. The van der Waals surface area contributed by atoms with Gasteiger partial charge < -0.3 is 11.5 Å². The summed E-state index contributed by atoms with van der Waals surface area (Å²) in [7, 11) is 0. The molecule has 0 unspecified atom stereocenters. The van der Waals surface area contributed by atoms with E-state index in [-0.39, 0.29) is 6.04 Å². The Balaban J connectivity index is 3.01. The van der Waals surface area contributed by atoms with Gasteiger partial charge in [-0.1, -0.05) is 13.8 Å². The maximum Gasteiger partial charge on any atom is 0.220 e. The van der Waals surface area contributed by atoms with Gasteiger partial charge in [0.05, 0.1) is 5.69 Å². The van der Waals surface area contributed by atoms with Crippen molar-refractivity contribution in [3.63, 3.8) is 0 Å². The molecule has 1 aromatic rings. The summed E-state index contributed by atoms with van der Waals surface area (Å²) < 4.78 is 0. The molecule has 1 atom stereocenters. The van der Waals surface area contributed by atoms with Crippen molar-refractivity contribution in [1.29, 1.82) is 0 Å². The highest BCUT2D eigenvalue weighted by atomic mass is 15.0. The molecule has 72 valence electrons. The summed E-state index contributed by atoms with van der Waals surface area (Å²) in [5, 5.41) is 0. The molecule has 1 heterocycles. The van der Waals surface area contributed by atoms with Crippen LogP contribution in [-0.2, 0) is 0 Å². The quantitative estimate of drug-likeness (QED) is 0.712. The van der Waals surface area contributed by atoms with Gasteiger partial charge in [0.1, 0.15) is 0 Å². The third-order valence-electron chi connectivity index (χ3n) is 1.95. The molecule has 0 amide bonds. The number of rotatable bonds is 2. The molecule has 0 aliphatic carbocycles. The van der Waals surface area contributed by atoms with Crippen LogP contribution in [0.1, 0.15) is 31.3 Å². The fraction of sp³-hybridized carbons (Fsp3) is 0.556. The van der Waals surface area contributed by atoms with E-state index in [0.717, 1.165) is 11.4 Å². The van der Waals surface area contributed by atoms with Gasteiger partial charge in [0.2, 0.25) is 5.95 Å². The summed E-state index contributed by atoms with van der Waals surface area (Å²) in [6.07, 6.45) is 0. The zero-order chi connectivity index (χ0) is 10.0. The number of hydrogen-bond donors (Lipinski definition) is 2. The van der Waals surface area contributed by atoms with Gasteiger partial charge in [-0.2, -0.15) is 0 Å². The first kappa shape index (κ1) is 9.92. The van der Waals surface area contributed by atoms with E-state index in [4.69, 9.17) is 11.5 Å². The molecule has 0 bridgehead atoms. The van der Waals surface area contributed by atoms with Gasteiger partial charge in [-0.15, -0.1) is 0 Å². The van der Waals surface area contributed by atoms with E-state index in [9.17, 15) is 0 Å². The highest BCUT2D eigenvalue weighted by Crippen LogP contribution is 2.17. The Kier molecular flexibility index (Phi) is 2.83. The van der Waals surface area contributed by atoms with E-state index < -0.39 is 0 Å². The first-order chi connectivity index (χ1) is 6.00. The number of nitrogens with zero attached hydrogens (tertiary/aromatic N) is 2. The molecule has 13 heavy (non-hydrogen) atoms. The van der Waals surface area contributed by atoms with Crippen LogP contribution in [0.4, 0.5) is 5.95 Å². The summed E-state index contributed by atoms with van der Waals surface area (Å²) in [6.45, 7) is 5.99. The van der Waals surface area contributed by atoms with E-state index in [2.05, 4.69) is 23.8 Å². The predicted molar refractivity (Wildman–Crippen MR) is 52.9 cm³/mol. The van der Waals surface area contributed by atoms with Crippen molar-refractivity contribution in [2.24, 2.45) is 11.7 Å². The Morgan fingerprint density at radius 3 is 2.38 bits per heavy atom. The maximum absolute atomic E-state index is 5.93. The van der Waals surface area contributed by atoms with Crippen LogP contribution in [0.3, 0.4) is 0 Å². The number of nitrogen functional groups attached to an aromatic ring is 1. The standard InChI is InChI=1S/C9H16N4/c1-5(2)8(10)7-4-6(3)12-9(11)13-7/h4-5,8H,10H2,1-3H3,(H2,11,12,13)/t8-/m0/s1. The first-order valence-electron chi connectivity index (χ1n) is 4.37. The topological polar surface area (TPSA) is 77.8 Å². The maximum atomic E-state index is 5.93. The lowest BCUT2D eigenvalue weighted by Gasteiger charge is -2.15. The lowest BCUT2D eigenvalue weighted by molar-refractivity contribution is 0.502. The van der Waals surface area contributed by atoms with E-state index in [1.165, 1.54) is 0 Å². The van der Waals surface area contributed by atoms with E-state index in [1.807, 2.05) is 13.0 Å². The second-order valence-corrected chi connectivity index (χ2v) is 3.56. The summed E-state index contributed by atoms with van der Waals surface area (Å²) in [5.74, 6) is 0.653. The summed E-state index contributed by atoms with van der Waals surface area (Å²) in [4.78, 5) is 8.08. The molecule has 0 saturated heterocycles. The Morgan fingerprint density at radius 2 is 1.92 bits per heavy atom. The summed E-state index contributed by atoms with van der Waals surface area (Å²) in [5.41, 5.74) is 13.1. The fourth-order valence-corrected chi connectivity index (χ4v) is 1.13. The van der Waals surface area contributed by atoms with Gasteiger partial charge in [-0.05, 0) is 18.9 Å². The van der Waals surface area contributed by atoms with Crippen molar-refractivity contribution in [3.05, 3.63) is 17.5 Å². The minimum Gasteiger partial charge on any atom is -0.368 e. The number of hydrogen-bond acceptors (Lipinski definition) is 4. The Morgan fingerprint density at radius 1 is 1.31 bits per heavy atom. The van der Waals surface area contributed by atoms with Crippen molar-refractivity contribution in [2.75, 3.05) is 5.73 Å². The monoisotopic (exact) mass is 180 g/mol. The molecule has 0 radical (unpaired) electrons. The van der Waals surface area contributed by atoms with Crippen LogP contribution in [0.5, 0.6) is 0 Å². The van der Waals surface area contributed by atoms with Gasteiger partial charge in [-0.3, -0.25) is 0 Å². The van der Waals surface area contributed by atoms with Crippen LogP contribution in [0.2, 0.25) is 0 Å². The van der Waals surface area contributed by atoms with Crippen LogP contribution >= 0.6 is 0 Å². The molecule has 0 spiro atoms. The molecular weight excluding hydrogens is 164 g/mol. The van der Waals surface area contributed by atoms with Crippen LogP contribution < -0.4 is 11.5 Å². The molecule has 0 aliphatic rings. The minimum atomic E-state index is -0.0657. The third-order valence-corrected chi connectivity index (χ3v) is 1.95. The fourth-order valence-electron chi connectivity index (χ4n) is 1.13. The van der Waals surface area contributed by atoms with E-state index in [0.29, 0.717) is 11.9 Å². The number of nitrogens with two attached hydrogens (primary N) is 2. The molecule has 4 N–H and O–H groups in total. The molecular formula is C9H16N4. The van der Waals surface area contributed by atoms with Gasteiger partial charge in [-0.25, -0.2) is 9.97 Å². The number of aryl methyl sites for hydroxylation is 1. The normalized spacial score (nSPS) is 13.3. The third kappa shape index (κ3) is 2.39. The molecule has 0 aliphatic heterocycles. The zero-order valence-electron chi connectivity index (χ0n) is 8.28. The molecule has 0 fully saturated rings. The lowest BCUT2D eigenvalue weighted by Crippen LogP contribution is -2.19. The SMILES string of the molecule is Cc1cc([C@@H](N)C(C)C)nc(N)n1. The summed E-state index contributed by atoms with van der Waals surface area (Å²) in [6, 6.07) is 1.81. The number of anilines is 1. The van der Waals surface area contributed by atoms with Gasteiger partial charge in [0, 0.05) is 11.7 Å². The average molecular weight is 180 g/mol. The van der Waals surface area contributed by atoms with E-state index >= 15 is 0 Å². The molecule has 0 aromatic carbocycles. The second-order valence-electron chi connectivity index (χ2n) is 3.56. The molecule has 1 rings (SSSR count). The Bertz CT molecular complexity index is 275. The lowest BCUT2D eigenvalue weighted by atomic mass is 10.0. The van der Waals surface area contributed by atoms with Crippen LogP contribution in [0.25, 0.3) is 0 Å².